The van der Waals surface area contributed by atoms with E-state index >= 15 is 0 Å². The topological polar surface area (TPSA) is 46.3 Å². The molecule has 1 fully saturated rings. The van der Waals surface area contributed by atoms with Crippen molar-refractivity contribution in [1.82, 2.24) is 4.98 Å². The number of carbonyl (C=O) groups is 1. The van der Waals surface area contributed by atoms with Crippen molar-refractivity contribution >= 4 is 34.3 Å². The normalized spacial score (nSPS) is 18.1. The van der Waals surface area contributed by atoms with E-state index in [0.29, 0.717) is 40.7 Å². The molecule has 0 spiro atoms. The van der Waals surface area contributed by atoms with E-state index in [9.17, 15) is 9.18 Å². The maximum Gasteiger partial charge on any atom is 0.227 e. The summed E-state index contributed by atoms with van der Waals surface area (Å²) in [6.45, 7) is 0.463. The molecule has 1 aliphatic rings. The largest absolute Gasteiger partial charge is 0.440 e. The number of fused-ring (bicyclic) bond motifs is 1. The maximum atomic E-state index is 13.0. The second kappa shape index (κ2) is 5.35. The van der Waals surface area contributed by atoms with Gasteiger partial charge in [0.05, 0.1) is 5.92 Å². The van der Waals surface area contributed by atoms with Crippen LogP contribution in [0.15, 0.2) is 46.9 Å². The Morgan fingerprint density at radius 2 is 2.00 bits per heavy atom. The molecule has 4 nitrogen and oxygen atoms in total. The highest BCUT2D eigenvalue weighted by Gasteiger charge is 2.34. The fourth-order valence-electron chi connectivity index (χ4n) is 2.84. The van der Waals surface area contributed by atoms with Gasteiger partial charge in [0.15, 0.2) is 5.58 Å². The Kier molecular flexibility index (Phi) is 3.31. The van der Waals surface area contributed by atoms with E-state index in [1.165, 1.54) is 12.1 Å². The second-order valence-corrected chi connectivity index (χ2v) is 5.98. The number of amides is 1. The van der Waals surface area contributed by atoms with Gasteiger partial charge in [-0.05, 0) is 42.5 Å². The molecule has 0 unspecified atom stereocenters. The molecule has 1 atom stereocenters. The molecule has 0 N–H and O–H groups in total. The van der Waals surface area contributed by atoms with Crippen LogP contribution in [0.3, 0.4) is 0 Å². The molecule has 116 valence electrons. The highest BCUT2D eigenvalue weighted by atomic mass is 35.5. The first-order valence-corrected chi connectivity index (χ1v) is 7.60. The van der Waals surface area contributed by atoms with E-state index in [4.69, 9.17) is 16.0 Å². The van der Waals surface area contributed by atoms with Crippen LogP contribution in [0.4, 0.5) is 10.1 Å². The number of oxazole rings is 1. The van der Waals surface area contributed by atoms with Gasteiger partial charge in [0.2, 0.25) is 11.8 Å². The summed E-state index contributed by atoms with van der Waals surface area (Å²) in [6, 6.07) is 11.1. The van der Waals surface area contributed by atoms with Gasteiger partial charge in [-0.1, -0.05) is 11.6 Å². The molecule has 1 aromatic heterocycles. The number of benzene rings is 2. The molecule has 3 aromatic rings. The number of rotatable bonds is 2. The fourth-order valence-corrected chi connectivity index (χ4v) is 3.00. The number of nitrogens with zero attached hydrogens (tertiary/aromatic N) is 2. The quantitative estimate of drug-likeness (QED) is 0.709. The van der Waals surface area contributed by atoms with E-state index in [1.54, 1.807) is 35.2 Å². The van der Waals surface area contributed by atoms with Crippen molar-refractivity contribution in [2.24, 2.45) is 0 Å². The van der Waals surface area contributed by atoms with E-state index in [2.05, 4.69) is 4.98 Å². The lowest BCUT2D eigenvalue weighted by Gasteiger charge is -2.15. The molecule has 6 heteroatoms. The third-order valence-corrected chi connectivity index (χ3v) is 4.21. The number of aromatic nitrogens is 1. The van der Waals surface area contributed by atoms with Crippen LogP contribution in [-0.4, -0.2) is 17.4 Å². The van der Waals surface area contributed by atoms with E-state index in [1.807, 2.05) is 0 Å². The lowest BCUT2D eigenvalue weighted by Crippen LogP contribution is -2.24. The monoisotopic (exact) mass is 330 g/mol. The molecule has 23 heavy (non-hydrogen) atoms. The van der Waals surface area contributed by atoms with E-state index in [-0.39, 0.29) is 17.6 Å². The van der Waals surface area contributed by atoms with Gasteiger partial charge >= 0.3 is 0 Å². The van der Waals surface area contributed by atoms with E-state index < -0.39 is 0 Å². The lowest BCUT2D eigenvalue weighted by molar-refractivity contribution is -0.117. The van der Waals surface area contributed by atoms with Gasteiger partial charge in [0.25, 0.3) is 0 Å². The Morgan fingerprint density at radius 3 is 2.78 bits per heavy atom. The third-order valence-electron chi connectivity index (χ3n) is 3.98. The number of hydrogen-bond donors (Lipinski definition) is 0. The van der Waals surface area contributed by atoms with Crippen molar-refractivity contribution in [1.29, 1.82) is 0 Å². The molecule has 0 radical (unpaired) electrons. The molecule has 4 rings (SSSR count). The summed E-state index contributed by atoms with van der Waals surface area (Å²) < 4.78 is 18.8. The molecule has 1 amide bonds. The first-order valence-electron chi connectivity index (χ1n) is 7.22. The molecule has 2 heterocycles. The predicted octanol–water partition coefficient (Wildman–Crippen LogP) is 4.14. The smallest absolute Gasteiger partial charge is 0.227 e. The van der Waals surface area contributed by atoms with Gasteiger partial charge in [-0.3, -0.25) is 4.79 Å². The molecule has 1 saturated heterocycles. The number of anilines is 1. The average molecular weight is 331 g/mol. The van der Waals surface area contributed by atoms with Crippen LogP contribution in [0.5, 0.6) is 0 Å². The van der Waals surface area contributed by atoms with Crippen LogP contribution in [-0.2, 0) is 4.79 Å². The minimum atomic E-state index is -0.326. The van der Waals surface area contributed by atoms with Crippen molar-refractivity contribution in [2.45, 2.75) is 12.3 Å². The maximum absolute atomic E-state index is 13.0. The number of carbonyl (C=O) groups excluding carboxylic acids is 1. The SMILES string of the molecule is O=C1C[C@@H](c2nc3cc(Cl)ccc3o2)CN1c1ccc(F)cc1. The summed E-state index contributed by atoms with van der Waals surface area (Å²) in [4.78, 5) is 18.3. The molecule has 0 bridgehead atoms. The number of hydrogen-bond acceptors (Lipinski definition) is 3. The predicted molar refractivity (Wildman–Crippen MR) is 85.1 cm³/mol. The van der Waals surface area contributed by atoms with Crippen LogP contribution in [0.2, 0.25) is 5.02 Å². The minimum absolute atomic E-state index is 0.0260. The third kappa shape index (κ3) is 2.57. The minimum Gasteiger partial charge on any atom is -0.440 e. The Balaban J connectivity index is 1.62. The molecule has 0 aliphatic carbocycles. The first kappa shape index (κ1) is 14.2. The molecular formula is C17H12ClFN2O2. The highest BCUT2D eigenvalue weighted by Crippen LogP contribution is 2.33. The zero-order valence-corrected chi connectivity index (χ0v) is 12.8. The van der Waals surface area contributed by atoms with Crippen molar-refractivity contribution in [3.8, 4) is 0 Å². The first-order chi connectivity index (χ1) is 11.1. The Morgan fingerprint density at radius 1 is 1.22 bits per heavy atom. The summed E-state index contributed by atoms with van der Waals surface area (Å²) in [5.74, 6) is 0.0497. The van der Waals surface area contributed by atoms with Crippen LogP contribution in [0.25, 0.3) is 11.1 Å². The molecule has 1 aliphatic heterocycles. The van der Waals surface area contributed by atoms with Crippen molar-refractivity contribution in [3.63, 3.8) is 0 Å². The number of halogens is 2. The standard InChI is InChI=1S/C17H12ClFN2O2/c18-11-1-6-15-14(8-11)20-17(23-15)10-7-16(22)21(9-10)13-4-2-12(19)3-5-13/h1-6,8,10H,7,9H2/t10-/m1/s1. The van der Waals surface area contributed by atoms with Crippen LogP contribution in [0, 0.1) is 5.82 Å². The molecule has 0 saturated carbocycles. The lowest BCUT2D eigenvalue weighted by atomic mass is 10.1. The van der Waals surface area contributed by atoms with Crippen LogP contribution >= 0.6 is 11.6 Å². The van der Waals surface area contributed by atoms with Gasteiger partial charge in [0, 0.05) is 23.7 Å². The molecular weight excluding hydrogens is 319 g/mol. The summed E-state index contributed by atoms with van der Waals surface area (Å²) in [6.07, 6.45) is 0.317. The van der Waals surface area contributed by atoms with Crippen molar-refractivity contribution < 1.29 is 13.6 Å². The van der Waals surface area contributed by atoms with Gasteiger partial charge in [-0.15, -0.1) is 0 Å². The fraction of sp³-hybridized carbons (Fsp3) is 0.176. The Hall–Kier alpha value is -2.40. The van der Waals surface area contributed by atoms with Gasteiger partial charge in [-0.25, -0.2) is 9.37 Å². The van der Waals surface area contributed by atoms with Gasteiger partial charge < -0.3 is 9.32 Å². The van der Waals surface area contributed by atoms with Gasteiger partial charge in [0.1, 0.15) is 11.3 Å². The summed E-state index contributed by atoms with van der Waals surface area (Å²) in [5.41, 5.74) is 2.01. The summed E-state index contributed by atoms with van der Waals surface area (Å²) >= 11 is 5.95. The highest BCUT2D eigenvalue weighted by molar-refractivity contribution is 6.31. The van der Waals surface area contributed by atoms with Crippen LogP contribution < -0.4 is 4.90 Å². The van der Waals surface area contributed by atoms with Crippen molar-refractivity contribution in [3.05, 3.63) is 59.2 Å². The summed E-state index contributed by atoms with van der Waals surface area (Å²) in [7, 11) is 0. The average Bonchev–Trinajstić information content (AvgIpc) is 3.11. The van der Waals surface area contributed by atoms with E-state index in [0.717, 1.165) is 0 Å². The van der Waals surface area contributed by atoms with Gasteiger partial charge in [-0.2, -0.15) is 0 Å². The Labute approximate surface area is 136 Å². The van der Waals surface area contributed by atoms with Crippen molar-refractivity contribution in [2.75, 3.05) is 11.4 Å². The summed E-state index contributed by atoms with van der Waals surface area (Å²) in [5, 5.41) is 0.591. The zero-order valence-electron chi connectivity index (χ0n) is 12.0. The van der Waals surface area contributed by atoms with Crippen LogP contribution in [0.1, 0.15) is 18.2 Å². The second-order valence-electron chi connectivity index (χ2n) is 5.55. The Bertz CT molecular complexity index is 891. The zero-order chi connectivity index (χ0) is 16.0. The molecule has 2 aromatic carbocycles.